The summed E-state index contributed by atoms with van der Waals surface area (Å²) in [5, 5.41) is 1.48. The van der Waals surface area contributed by atoms with Gasteiger partial charge in [0.25, 0.3) is 0 Å². The molecular weight excluding hydrogens is 301 g/mol. The topological polar surface area (TPSA) is 3.24 Å². The second-order valence-corrected chi connectivity index (χ2v) is 6.84. The second kappa shape index (κ2) is 5.31. The van der Waals surface area contributed by atoms with Crippen LogP contribution in [0.2, 0.25) is 10.0 Å². The third-order valence-corrected chi connectivity index (χ3v) is 5.41. The van der Waals surface area contributed by atoms with Gasteiger partial charge in [0.15, 0.2) is 0 Å². The lowest BCUT2D eigenvalue weighted by Gasteiger charge is -2.37. The van der Waals surface area contributed by atoms with Crippen molar-refractivity contribution in [2.75, 3.05) is 13.1 Å². The van der Waals surface area contributed by atoms with E-state index < -0.39 is 0 Å². The van der Waals surface area contributed by atoms with Crippen LogP contribution >= 0.6 is 23.2 Å². The first-order valence-corrected chi connectivity index (χ1v) is 8.27. The monoisotopic (exact) mass is 317 g/mol. The number of hydrogen-bond acceptors (Lipinski definition) is 1. The van der Waals surface area contributed by atoms with Crippen LogP contribution < -0.4 is 0 Å². The molecule has 0 amide bonds. The smallest absolute Gasteiger partial charge is 0.0459 e. The standard InChI is InChI=1S/C18H17Cl2N/c19-12-7-8-14(17(20)10-12)16-11-21-9-3-6-18(21)15-5-2-1-4-13(15)16/h1-2,4-5,7-8,10,16,18H,3,6,9,11H2/t16-,18+/m1/s1. The van der Waals surface area contributed by atoms with Gasteiger partial charge in [-0.1, -0.05) is 53.5 Å². The zero-order valence-electron chi connectivity index (χ0n) is 11.7. The molecule has 0 aliphatic carbocycles. The van der Waals surface area contributed by atoms with Crippen LogP contribution in [-0.2, 0) is 0 Å². The van der Waals surface area contributed by atoms with E-state index in [4.69, 9.17) is 23.2 Å². The first kappa shape index (κ1) is 13.6. The number of halogens is 2. The Morgan fingerprint density at radius 3 is 2.57 bits per heavy atom. The third-order valence-electron chi connectivity index (χ3n) is 4.85. The summed E-state index contributed by atoms with van der Waals surface area (Å²) >= 11 is 12.5. The first-order valence-electron chi connectivity index (χ1n) is 7.52. The van der Waals surface area contributed by atoms with Crippen LogP contribution in [0.15, 0.2) is 42.5 Å². The summed E-state index contributed by atoms with van der Waals surface area (Å²) in [6, 6.07) is 15.3. The summed E-state index contributed by atoms with van der Waals surface area (Å²) in [6.07, 6.45) is 2.57. The molecule has 2 aromatic carbocycles. The quantitative estimate of drug-likeness (QED) is 0.692. The largest absolute Gasteiger partial charge is 0.295 e. The summed E-state index contributed by atoms with van der Waals surface area (Å²) in [5.74, 6) is 0.348. The van der Waals surface area contributed by atoms with E-state index in [1.165, 1.54) is 36.1 Å². The van der Waals surface area contributed by atoms with Gasteiger partial charge >= 0.3 is 0 Å². The zero-order valence-corrected chi connectivity index (χ0v) is 13.2. The lowest BCUT2D eigenvalue weighted by atomic mass is 9.81. The normalized spacial score (nSPS) is 24.7. The fourth-order valence-electron chi connectivity index (χ4n) is 3.91. The molecule has 1 nitrogen and oxygen atoms in total. The number of benzene rings is 2. The van der Waals surface area contributed by atoms with Crippen molar-refractivity contribution in [2.45, 2.75) is 24.8 Å². The molecule has 1 fully saturated rings. The Labute approximate surface area is 135 Å². The number of hydrogen-bond donors (Lipinski definition) is 0. The van der Waals surface area contributed by atoms with E-state index in [2.05, 4.69) is 35.2 Å². The van der Waals surface area contributed by atoms with Gasteiger partial charge < -0.3 is 0 Å². The van der Waals surface area contributed by atoms with E-state index in [0.717, 1.165) is 11.6 Å². The molecule has 1 saturated heterocycles. The molecule has 0 bridgehead atoms. The SMILES string of the molecule is Clc1ccc([C@@H]2CN3CCC[C@H]3c3ccccc32)c(Cl)c1. The molecule has 4 rings (SSSR count). The van der Waals surface area contributed by atoms with Crippen molar-refractivity contribution in [3.8, 4) is 0 Å². The summed E-state index contributed by atoms with van der Waals surface area (Å²) in [5.41, 5.74) is 4.11. The van der Waals surface area contributed by atoms with E-state index in [0.29, 0.717) is 17.0 Å². The van der Waals surface area contributed by atoms with Crippen molar-refractivity contribution in [3.63, 3.8) is 0 Å². The minimum absolute atomic E-state index is 0.348. The van der Waals surface area contributed by atoms with Crippen molar-refractivity contribution in [1.29, 1.82) is 0 Å². The highest BCUT2D eigenvalue weighted by molar-refractivity contribution is 6.35. The molecule has 108 valence electrons. The average molecular weight is 318 g/mol. The van der Waals surface area contributed by atoms with E-state index >= 15 is 0 Å². The van der Waals surface area contributed by atoms with E-state index in [-0.39, 0.29) is 0 Å². The molecule has 2 aliphatic rings. The summed E-state index contributed by atoms with van der Waals surface area (Å²) in [6.45, 7) is 2.25. The van der Waals surface area contributed by atoms with Crippen molar-refractivity contribution in [3.05, 3.63) is 69.2 Å². The van der Waals surface area contributed by atoms with Gasteiger partial charge in [0.2, 0.25) is 0 Å². The summed E-state index contributed by atoms with van der Waals surface area (Å²) in [7, 11) is 0. The van der Waals surface area contributed by atoms with Gasteiger partial charge in [-0.2, -0.15) is 0 Å². The Morgan fingerprint density at radius 2 is 1.76 bits per heavy atom. The molecule has 0 saturated carbocycles. The molecule has 0 aromatic heterocycles. The van der Waals surface area contributed by atoms with Crippen molar-refractivity contribution < 1.29 is 0 Å². The molecular formula is C18H17Cl2N. The van der Waals surface area contributed by atoms with Crippen LogP contribution in [0.25, 0.3) is 0 Å². The number of fused-ring (bicyclic) bond motifs is 3. The van der Waals surface area contributed by atoms with Crippen molar-refractivity contribution >= 4 is 23.2 Å². The Hall–Kier alpha value is -1.02. The maximum Gasteiger partial charge on any atom is 0.0459 e. The van der Waals surface area contributed by atoms with E-state index in [9.17, 15) is 0 Å². The Balaban J connectivity index is 1.84. The van der Waals surface area contributed by atoms with Crippen LogP contribution in [0.3, 0.4) is 0 Å². The summed E-state index contributed by atoms with van der Waals surface area (Å²) in [4.78, 5) is 2.61. The van der Waals surface area contributed by atoms with Crippen molar-refractivity contribution in [1.82, 2.24) is 4.90 Å². The fraction of sp³-hybridized carbons (Fsp3) is 0.333. The Bertz CT molecular complexity index is 683. The molecule has 2 atom stereocenters. The molecule has 2 heterocycles. The van der Waals surface area contributed by atoms with Gasteiger partial charge in [-0.25, -0.2) is 0 Å². The highest BCUT2D eigenvalue weighted by Crippen LogP contribution is 2.45. The maximum atomic E-state index is 6.47. The lowest BCUT2D eigenvalue weighted by Crippen LogP contribution is -2.34. The number of rotatable bonds is 1. The highest BCUT2D eigenvalue weighted by atomic mass is 35.5. The molecule has 2 aromatic rings. The zero-order chi connectivity index (χ0) is 14.4. The van der Waals surface area contributed by atoms with Crippen LogP contribution in [0.4, 0.5) is 0 Å². The molecule has 0 unspecified atom stereocenters. The third kappa shape index (κ3) is 2.28. The van der Waals surface area contributed by atoms with E-state index in [1.54, 1.807) is 0 Å². The first-order chi connectivity index (χ1) is 10.2. The van der Waals surface area contributed by atoms with Crippen molar-refractivity contribution in [2.24, 2.45) is 0 Å². The maximum absolute atomic E-state index is 6.47. The van der Waals surface area contributed by atoms with Gasteiger partial charge in [-0.15, -0.1) is 0 Å². The molecule has 21 heavy (non-hydrogen) atoms. The van der Waals surface area contributed by atoms with Gasteiger partial charge in [0.1, 0.15) is 0 Å². The lowest BCUT2D eigenvalue weighted by molar-refractivity contribution is 0.230. The fourth-order valence-corrected chi connectivity index (χ4v) is 4.45. The molecule has 0 N–H and O–H groups in total. The predicted molar refractivity (Wildman–Crippen MR) is 88.3 cm³/mol. The Kier molecular flexibility index (Phi) is 3.45. The number of nitrogens with zero attached hydrogens (tertiary/aromatic N) is 1. The van der Waals surface area contributed by atoms with Crippen LogP contribution in [0.5, 0.6) is 0 Å². The average Bonchev–Trinajstić information content (AvgIpc) is 2.95. The van der Waals surface area contributed by atoms with Gasteiger partial charge in [0.05, 0.1) is 0 Å². The minimum Gasteiger partial charge on any atom is -0.295 e. The molecule has 2 aliphatic heterocycles. The minimum atomic E-state index is 0.348. The molecule has 0 spiro atoms. The second-order valence-electron chi connectivity index (χ2n) is 6.00. The van der Waals surface area contributed by atoms with Crippen LogP contribution in [0, 0.1) is 0 Å². The Morgan fingerprint density at radius 1 is 0.952 bits per heavy atom. The van der Waals surface area contributed by atoms with Gasteiger partial charge in [-0.3, -0.25) is 4.90 Å². The highest BCUT2D eigenvalue weighted by Gasteiger charge is 2.36. The summed E-state index contributed by atoms with van der Waals surface area (Å²) < 4.78 is 0. The molecule has 3 heteroatoms. The molecule has 0 radical (unpaired) electrons. The van der Waals surface area contributed by atoms with Gasteiger partial charge in [-0.05, 0) is 48.2 Å². The van der Waals surface area contributed by atoms with Gasteiger partial charge in [0, 0.05) is 28.5 Å². The van der Waals surface area contributed by atoms with Crippen LogP contribution in [-0.4, -0.2) is 18.0 Å². The van der Waals surface area contributed by atoms with Crippen LogP contribution in [0.1, 0.15) is 41.5 Å². The predicted octanol–water partition coefficient (Wildman–Crippen LogP) is 5.28. The van der Waals surface area contributed by atoms with E-state index in [1.807, 2.05) is 12.1 Å².